The number of ether oxygens (including phenoxy) is 1. The normalized spacial score (nSPS) is 20.0. The van der Waals surface area contributed by atoms with E-state index in [4.69, 9.17) is 21.4 Å². The van der Waals surface area contributed by atoms with Crippen LogP contribution in [0.25, 0.3) is 10.6 Å². The molecule has 0 aliphatic carbocycles. The standard InChI is InChI=1S/C16H15ClN2O4S/c17-11-3-1-2-10(6-11)15-18-12(8-24-15)14(22)19-16(7-13(20)21)4-5-23-9-16/h1-3,6,8H,4-5,7,9H2,(H,19,22)(H,20,21). The fourth-order valence-electron chi connectivity index (χ4n) is 2.62. The number of amides is 1. The van der Waals surface area contributed by atoms with E-state index in [0.29, 0.717) is 23.1 Å². The number of hydrogen-bond donors (Lipinski definition) is 2. The molecule has 126 valence electrons. The zero-order chi connectivity index (χ0) is 17.2. The van der Waals surface area contributed by atoms with E-state index in [1.165, 1.54) is 11.3 Å². The minimum Gasteiger partial charge on any atom is -0.481 e. The molecule has 8 heteroatoms. The van der Waals surface area contributed by atoms with Crippen LogP contribution in [-0.2, 0) is 9.53 Å². The molecule has 1 unspecified atom stereocenters. The minimum absolute atomic E-state index is 0.177. The number of carboxylic acids is 1. The number of benzene rings is 1. The van der Waals surface area contributed by atoms with Gasteiger partial charge in [-0.3, -0.25) is 9.59 Å². The number of carboxylic acid groups (broad SMARTS) is 1. The van der Waals surface area contributed by atoms with Crippen LogP contribution in [0.4, 0.5) is 0 Å². The number of rotatable bonds is 5. The zero-order valence-corrected chi connectivity index (χ0v) is 14.2. The lowest BCUT2D eigenvalue weighted by molar-refractivity contribution is -0.138. The third-order valence-corrected chi connectivity index (χ3v) is 4.91. The van der Waals surface area contributed by atoms with Gasteiger partial charge in [0.15, 0.2) is 0 Å². The molecule has 2 heterocycles. The van der Waals surface area contributed by atoms with Gasteiger partial charge in [-0.15, -0.1) is 11.3 Å². The van der Waals surface area contributed by atoms with E-state index in [2.05, 4.69) is 10.3 Å². The molecular formula is C16H15ClN2O4S. The number of aliphatic carboxylic acids is 1. The summed E-state index contributed by atoms with van der Waals surface area (Å²) < 4.78 is 5.28. The highest BCUT2D eigenvalue weighted by atomic mass is 35.5. The minimum atomic E-state index is -0.973. The first kappa shape index (κ1) is 16.9. The molecule has 2 aromatic rings. The van der Waals surface area contributed by atoms with Crippen LogP contribution in [0.15, 0.2) is 29.6 Å². The van der Waals surface area contributed by atoms with Crippen molar-refractivity contribution >= 4 is 34.8 Å². The lowest BCUT2D eigenvalue weighted by atomic mass is 9.94. The van der Waals surface area contributed by atoms with Crippen molar-refractivity contribution in [3.8, 4) is 10.6 Å². The SMILES string of the molecule is O=C(O)CC1(NC(=O)c2csc(-c3cccc(Cl)c3)n2)CCOC1. The molecule has 24 heavy (non-hydrogen) atoms. The summed E-state index contributed by atoms with van der Waals surface area (Å²) in [6.45, 7) is 0.620. The third kappa shape index (κ3) is 3.75. The molecule has 0 saturated carbocycles. The monoisotopic (exact) mass is 366 g/mol. The van der Waals surface area contributed by atoms with Gasteiger partial charge in [-0.1, -0.05) is 23.7 Å². The molecule has 1 aromatic heterocycles. The Hall–Kier alpha value is -1.96. The number of aromatic nitrogens is 1. The molecule has 1 fully saturated rings. The number of carbonyl (C=O) groups is 2. The van der Waals surface area contributed by atoms with Crippen LogP contribution in [-0.4, -0.2) is 40.7 Å². The van der Waals surface area contributed by atoms with Crippen LogP contribution in [0.1, 0.15) is 23.3 Å². The van der Waals surface area contributed by atoms with E-state index < -0.39 is 17.4 Å². The highest BCUT2D eigenvalue weighted by Crippen LogP contribution is 2.27. The van der Waals surface area contributed by atoms with E-state index in [1.54, 1.807) is 17.5 Å². The number of halogens is 1. The van der Waals surface area contributed by atoms with Gasteiger partial charge in [0.25, 0.3) is 5.91 Å². The molecule has 1 saturated heterocycles. The van der Waals surface area contributed by atoms with Gasteiger partial charge in [0.2, 0.25) is 0 Å². The molecule has 1 aliphatic heterocycles. The third-order valence-electron chi connectivity index (χ3n) is 3.78. The average molecular weight is 367 g/mol. The van der Waals surface area contributed by atoms with Gasteiger partial charge in [0, 0.05) is 22.6 Å². The van der Waals surface area contributed by atoms with Crippen LogP contribution >= 0.6 is 22.9 Å². The lowest BCUT2D eigenvalue weighted by Gasteiger charge is -2.26. The predicted octanol–water partition coefficient (Wildman–Crippen LogP) is 2.83. The number of nitrogens with one attached hydrogen (secondary N) is 1. The first-order chi connectivity index (χ1) is 11.5. The van der Waals surface area contributed by atoms with Crippen molar-refractivity contribution in [2.75, 3.05) is 13.2 Å². The summed E-state index contributed by atoms with van der Waals surface area (Å²) in [6, 6.07) is 7.22. The van der Waals surface area contributed by atoms with Crippen LogP contribution in [0, 0.1) is 0 Å². The van der Waals surface area contributed by atoms with Crippen molar-refractivity contribution in [3.63, 3.8) is 0 Å². The summed E-state index contributed by atoms with van der Waals surface area (Å²) in [5.74, 6) is -1.37. The Morgan fingerprint density at radius 2 is 2.29 bits per heavy atom. The Morgan fingerprint density at radius 1 is 1.46 bits per heavy atom. The molecule has 0 spiro atoms. The quantitative estimate of drug-likeness (QED) is 0.849. The second-order valence-corrected chi connectivity index (χ2v) is 6.95. The molecule has 6 nitrogen and oxygen atoms in total. The van der Waals surface area contributed by atoms with E-state index in [1.807, 2.05) is 12.1 Å². The second kappa shape index (κ2) is 6.88. The van der Waals surface area contributed by atoms with Gasteiger partial charge in [-0.05, 0) is 18.6 Å². The summed E-state index contributed by atoms with van der Waals surface area (Å²) >= 11 is 7.30. The molecule has 1 aliphatic rings. The van der Waals surface area contributed by atoms with Crippen LogP contribution < -0.4 is 5.32 Å². The van der Waals surface area contributed by atoms with Crippen molar-refractivity contribution < 1.29 is 19.4 Å². The maximum absolute atomic E-state index is 12.5. The van der Waals surface area contributed by atoms with E-state index >= 15 is 0 Å². The van der Waals surface area contributed by atoms with Gasteiger partial charge in [-0.25, -0.2) is 4.98 Å². The smallest absolute Gasteiger partial charge is 0.305 e. The molecule has 1 amide bonds. The zero-order valence-electron chi connectivity index (χ0n) is 12.6. The number of carbonyl (C=O) groups excluding carboxylic acids is 1. The van der Waals surface area contributed by atoms with E-state index in [0.717, 1.165) is 5.56 Å². The number of thiazole rings is 1. The van der Waals surface area contributed by atoms with Gasteiger partial charge in [0.1, 0.15) is 10.7 Å². The van der Waals surface area contributed by atoms with E-state index in [9.17, 15) is 9.59 Å². The summed E-state index contributed by atoms with van der Waals surface area (Å²) in [7, 11) is 0. The van der Waals surface area contributed by atoms with Crippen LogP contribution in [0.2, 0.25) is 5.02 Å². The fourth-order valence-corrected chi connectivity index (χ4v) is 3.60. The topological polar surface area (TPSA) is 88.5 Å². The van der Waals surface area contributed by atoms with Crippen molar-refractivity contribution in [2.24, 2.45) is 0 Å². The summed E-state index contributed by atoms with van der Waals surface area (Å²) in [4.78, 5) is 27.9. The molecule has 0 radical (unpaired) electrons. The summed E-state index contributed by atoms with van der Waals surface area (Å²) in [6.07, 6.45) is 0.292. The Bertz CT molecular complexity index is 771. The van der Waals surface area contributed by atoms with Gasteiger partial charge in [-0.2, -0.15) is 0 Å². The van der Waals surface area contributed by atoms with Crippen LogP contribution in [0.5, 0.6) is 0 Å². The van der Waals surface area contributed by atoms with Gasteiger partial charge >= 0.3 is 5.97 Å². The fraction of sp³-hybridized carbons (Fsp3) is 0.312. The first-order valence-electron chi connectivity index (χ1n) is 7.31. The number of hydrogen-bond acceptors (Lipinski definition) is 5. The Kier molecular flexibility index (Phi) is 4.84. The summed E-state index contributed by atoms with van der Waals surface area (Å²) in [5.41, 5.74) is 0.214. The van der Waals surface area contributed by atoms with Crippen LogP contribution in [0.3, 0.4) is 0 Å². The Morgan fingerprint density at radius 3 is 2.96 bits per heavy atom. The average Bonchev–Trinajstić information content (AvgIpc) is 3.16. The maximum Gasteiger partial charge on any atom is 0.305 e. The molecule has 0 bridgehead atoms. The van der Waals surface area contributed by atoms with E-state index in [-0.39, 0.29) is 18.7 Å². The van der Waals surface area contributed by atoms with Gasteiger partial charge in [0.05, 0.1) is 18.6 Å². The Labute approximate surface area is 147 Å². The molecule has 1 atom stereocenters. The van der Waals surface area contributed by atoms with Gasteiger partial charge < -0.3 is 15.2 Å². The lowest BCUT2D eigenvalue weighted by Crippen LogP contribution is -2.50. The number of nitrogens with zero attached hydrogens (tertiary/aromatic N) is 1. The first-order valence-corrected chi connectivity index (χ1v) is 8.57. The molecule has 1 aromatic carbocycles. The highest BCUT2D eigenvalue weighted by molar-refractivity contribution is 7.13. The summed E-state index contributed by atoms with van der Waals surface area (Å²) in [5, 5.41) is 14.8. The largest absolute Gasteiger partial charge is 0.481 e. The van der Waals surface area contributed by atoms with Crippen molar-refractivity contribution in [1.82, 2.24) is 10.3 Å². The Balaban J connectivity index is 1.77. The van der Waals surface area contributed by atoms with Crippen molar-refractivity contribution in [2.45, 2.75) is 18.4 Å². The highest BCUT2D eigenvalue weighted by Gasteiger charge is 2.39. The maximum atomic E-state index is 12.5. The molecular weight excluding hydrogens is 352 g/mol. The predicted molar refractivity (Wildman–Crippen MR) is 90.4 cm³/mol. The molecule has 2 N–H and O–H groups in total. The van der Waals surface area contributed by atoms with Crippen molar-refractivity contribution in [1.29, 1.82) is 0 Å². The second-order valence-electron chi connectivity index (χ2n) is 5.66. The van der Waals surface area contributed by atoms with Crippen molar-refractivity contribution in [3.05, 3.63) is 40.4 Å². The molecule has 3 rings (SSSR count).